The Kier molecular flexibility index (Phi) is 5.86. The number of nitrogens with one attached hydrogen (secondary N) is 1. The molecule has 0 saturated carbocycles. The molecule has 108 valence electrons. The van der Waals surface area contributed by atoms with Gasteiger partial charge in [0.05, 0.1) is 0 Å². The molecule has 0 radical (unpaired) electrons. The molecule has 1 atom stereocenters. The van der Waals surface area contributed by atoms with Gasteiger partial charge in [0.15, 0.2) is 0 Å². The van der Waals surface area contributed by atoms with Crippen molar-refractivity contribution in [2.45, 2.75) is 52.1 Å². The molecule has 1 aliphatic heterocycles. The van der Waals surface area contributed by atoms with E-state index in [1.165, 1.54) is 44.7 Å². The van der Waals surface area contributed by atoms with Crippen LogP contribution in [0, 0.1) is 0 Å². The van der Waals surface area contributed by atoms with Crippen molar-refractivity contribution in [2.24, 2.45) is 0 Å². The van der Waals surface area contributed by atoms with Crippen molar-refractivity contribution >= 4 is 0 Å². The second-order valence-electron chi connectivity index (χ2n) is 5.43. The van der Waals surface area contributed by atoms with Crippen molar-refractivity contribution in [3.05, 3.63) is 18.2 Å². The third-order valence-corrected chi connectivity index (χ3v) is 4.08. The molecule has 1 unspecified atom stereocenters. The zero-order valence-electron chi connectivity index (χ0n) is 12.4. The van der Waals surface area contributed by atoms with Crippen molar-refractivity contribution in [1.29, 1.82) is 0 Å². The number of imidazole rings is 1. The van der Waals surface area contributed by atoms with Crippen LogP contribution in [0.15, 0.2) is 12.4 Å². The Morgan fingerprint density at radius 1 is 1.42 bits per heavy atom. The quantitative estimate of drug-likeness (QED) is 0.764. The van der Waals surface area contributed by atoms with Crippen LogP contribution in [0.3, 0.4) is 0 Å². The number of hydrogen-bond donors (Lipinski definition) is 1. The number of likely N-dealkylation sites (tertiary alicyclic amines) is 1. The van der Waals surface area contributed by atoms with E-state index >= 15 is 0 Å². The van der Waals surface area contributed by atoms with E-state index in [9.17, 15) is 0 Å². The Bertz CT molecular complexity index is 361. The molecule has 1 aliphatic rings. The standard InChI is InChI=1S/C15H28N4/c1-3-15-17-9-12-19(15)11-6-8-16-14-7-5-10-18(4-2)13-14/h9,12,14,16H,3-8,10-11,13H2,1-2H3. The van der Waals surface area contributed by atoms with Gasteiger partial charge in [0.2, 0.25) is 0 Å². The Balaban J connectivity index is 1.64. The van der Waals surface area contributed by atoms with E-state index in [0.717, 1.165) is 19.5 Å². The molecule has 1 aromatic rings. The number of likely N-dealkylation sites (N-methyl/N-ethyl adjacent to an activating group) is 1. The van der Waals surface area contributed by atoms with Crippen molar-refractivity contribution in [3.63, 3.8) is 0 Å². The minimum Gasteiger partial charge on any atom is -0.335 e. The van der Waals surface area contributed by atoms with Crippen molar-refractivity contribution < 1.29 is 0 Å². The summed E-state index contributed by atoms with van der Waals surface area (Å²) in [6.45, 7) is 10.3. The summed E-state index contributed by atoms with van der Waals surface area (Å²) < 4.78 is 2.28. The zero-order valence-corrected chi connectivity index (χ0v) is 12.4. The molecule has 1 saturated heterocycles. The highest BCUT2D eigenvalue weighted by Gasteiger charge is 2.17. The topological polar surface area (TPSA) is 33.1 Å². The van der Waals surface area contributed by atoms with Crippen molar-refractivity contribution in [1.82, 2.24) is 19.8 Å². The summed E-state index contributed by atoms with van der Waals surface area (Å²) >= 11 is 0. The first-order valence-corrected chi connectivity index (χ1v) is 7.79. The molecular weight excluding hydrogens is 236 g/mol. The lowest BCUT2D eigenvalue weighted by Crippen LogP contribution is -2.45. The monoisotopic (exact) mass is 264 g/mol. The third-order valence-electron chi connectivity index (χ3n) is 4.08. The molecule has 1 fully saturated rings. The molecule has 0 bridgehead atoms. The van der Waals surface area contributed by atoms with Gasteiger partial charge in [0, 0.05) is 37.9 Å². The number of rotatable bonds is 7. The summed E-state index contributed by atoms with van der Waals surface area (Å²) in [7, 11) is 0. The van der Waals surface area contributed by atoms with Crippen LogP contribution in [0.25, 0.3) is 0 Å². The van der Waals surface area contributed by atoms with Gasteiger partial charge in [-0.1, -0.05) is 13.8 Å². The van der Waals surface area contributed by atoms with E-state index in [1.807, 2.05) is 6.20 Å². The predicted octanol–water partition coefficient (Wildman–Crippen LogP) is 1.91. The van der Waals surface area contributed by atoms with Gasteiger partial charge in [-0.15, -0.1) is 0 Å². The first kappa shape index (κ1) is 14.5. The van der Waals surface area contributed by atoms with Crippen LogP contribution in [-0.4, -0.2) is 46.7 Å². The SMILES string of the molecule is CCc1nccn1CCCNC1CCCN(CC)C1. The molecule has 0 amide bonds. The van der Waals surface area contributed by atoms with E-state index in [0.29, 0.717) is 6.04 Å². The lowest BCUT2D eigenvalue weighted by molar-refractivity contribution is 0.199. The maximum Gasteiger partial charge on any atom is 0.108 e. The second kappa shape index (κ2) is 7.65. The fourth-order valence-electron chi connectivity index (χ4n) is 2.92. The first-order valence-electron chi connectivity index (χ1n) is 7.79. The first-order chi connectivity index (χ1) is 9.33. The van der Waals surface area contributed by atoms with Gasteiger partial charge in [-0.05, 0) is 38.9 Å². The smallest absolute Gasteiger partial charge is 0.108 e. The maximum atomic E-state index is 4.36. The molecule has 0 aliphatic carbocycles. The minimum absolute atomic E-state index is 0.696. The van der Waals surface area contributed by atoms with Crippen LogP contribution >= 0.6 is 0 Å². The van der Waals surface area contributed by atoms with Gasteiger partial charge >= 0.3 is 0 Å². The maximum absolute atomic E-state index is 4.36. The van der Waals surface area contributed by atoms with E-state index in [4.69, 9.17) is 0 Å². The lowest BCUT2D eigenvalue weighted by Gasteiger charge is -2.32. The molecule has 2 heterocycles. The van der Waals surface area contributed by atoms with E-state index < -0.39 is 0 Å². The van der Waals surface area contributed by atoms with E-state index in [-0.39, 0.29) is 0 Å². The predicted molar refractivity (Wildman–Crippen MR) is 79.4 cm³/mol. The zero-order chi connectivity index (χ0) is 13.5. The van der Waals surface area contributed by atoms with Gasteiger partial charge in [-0.25, -0.2) is 4.98 Å². The Labute approximate surface area is 117 Å². The Morgan fingerprint density at radius 3 is 3.11 bits per heavy atom. The molecule has 2 rings (SSSR count). The van der Waals surface area contributed by atoms with Gasteiger partial charge in [-0.3, -0.25) is 0 Å². The van der Waals surface area contributed by atoms with E-state index in [2.05, 4.69) is 39.8 Å². The van der Waals surface area contributed by atoms with Gasteiger partial charge in [0.1, 0.15) is 5.82 Å². The summed E-state index contributed by atoms with van der Waals surface area (Å²) in [5, 5.41) is 3.71. The largest absolute Gasteiger partial charge is 0.335 e. The normalized spacial score (nSPS) is 20.8. The molecule has 1 N–H and O–H groups in total. The number of aromatic nitrogens is 2. The summed E-state index contributed by atoms with van der Waals surface area (Å²) in [6.07, 6.45) is 8.89. The number of aryl methyl sites for hydroxylation is 2. The van der Waals surface area contributed by atoms with Crippen molar-refractivity contribution in [3.8, 4) is 0 Å². The average molecular weight is 264 g/mol. The highest BCUT2D eigenvalue weighted by Crippen LogP contribution is 2.09. The third kappa shape index (κ3) is 4.32. The molecule has 4 heteroatoms. The van der Waals surface area contributed by atoms with Crippen LogP contribution < -0.4 is 5.32 Å². The summed E-state index contributed by atoms with van der Waals surface area (Å²) in [5.41, 5.74) is 0. The molecule has 19 heavy (non-hydrogen) atoms. The number of hydrogen-bond acceptors (Lipinski definition) is 3. The summed E-state index contributed by atoms with van der Waals surface area (Å²) in [4.78, 5) is 6.91. The molecule has 0 spiro atoms. The van der Waals surface area contributed by atoms with Crippen LogP contribution in [0.2, 0.25) is 0 Å². The van der Waals surface area contributed by atoms with Crippen LogP contribution in [-0.2, 0) is 13.0 Å². The van der Waals surface area contributed by atoms with Crippen LogP contribution in [0.5, 0.6) is 0 Å². The fourth-order valence-corrected chi connectivity index (χ4v) is 2.92. The highest BCUT2D eigenvalue weighted by molar-refractivity contribution is 4.91. The second-order valence-corrected chi connectivity index (χ2v) is 5.43. The van der Waals surface area contributed by atoms with Gasteiger partial charge in [-0.2, -0.15) is 0 Å². The van der Waals surface area contributed by atoms with Gasteiger partial charge in [0.25, 0.3) is 0 Å². The fraction of sp³-hybridized carbons (Fsp3) is 0.800. The number of nitrogens with zero attached hydrogens (tertiary/aromatic N) is 3. The van der Waals surface area contributed by atoms with Crippen molar-refractivity contribution in [2.75, 3.05) is 26.2 Å². The van der Waals surface area contributed by atoms with Crippen LogP contribution in [0.1, 0.15) is 38.9 Å². The summed E-state index contributed by atoms with van der Waals surface area (Å²) in [6, 6.07) is 0.696. The molecule has 4 nitrogen and oxygen atoms in total. The van der Waals surface area contributed by atoms with Gasteiger partial charge < -0.3 is 14.8 Å². The molecule has 0 aromatic carbocycles. The van der Waals surface area contributed by atoms with E-state index in [1.54, 1.807) is 0 Å². The minimum atomic E-state index is 0.696. The Hall–Kier alpha value is -0.870. The average Bonchev–Trinajstić information content (AvgIpc) is 2.91. The highest BCUT2D eigenvalue weighted by atomic mass is 15.2. The van der Waals surface area contributed by atoms with Crippen LogP contribution in [0.4, 0.5) is 0 Å². The number of piperidine rings is 1. The Morgan fingerprint density at radius 2 is 2.32 bits per heavy atom. The lowest BCUT2D eigenvalue weighted by atomic mass is 10.1. The molecule has 1 aromatic heterocycles. The summed E-state index contributed by atoms with van der Waals surface area (Å²) in [5.74, 6) is 1.20. The molecular formula is C15H28N4.